The lowest BCUT2D eigenvalue weighted by molar-refractivity contribution is 0.102. The Hall–Kier alpha value is -2.72. The van der Waals surface area contributed by atoms with Crippen molar-refractivity contribution in [1.82, 2.24) is 29.3 Å². The summed E-state index contributed by atoms with van der Waals surface area (Å²) in [6.45, 7) is 6.21. The van der Waals surface area contributed by atoms with Gasteiger partial charge in [0.05, 0.1) is 11.3 Å². The summed E-state index contributed by atoms with van der Waals surface area (Å²) < 4.78 is 4.13. The van der Waals surface area contributed by atoms with Crippen LogP contribution in [0.25, 0.3) is 16.2 Å². The first-order valence-corrected chi connectivity index (χ1v) is 10.6. The third-order valence-corrected chi connectivity index (χ3v) is 6.39. The average molecular weight is 415 g/mol. The van der Waals surface area contributed by atoms with Gasteiger partial charge in [0, 0.05) is 23.5 Å². The van der Waals surface area contributed by atoms with Crippen LogP contribution in [0.1, 0.15) is 28.7 Å². The quantitative estimate of drug-likeness (QED) is 0.296. The number of carbonyl (C=O) groups is 1. The van der Waals surface area contributed by atoms with Crippen molar-refractivity contribution in [2.24, 2.45) is 0 Å². The fourth-order valence-corrected chi connectivity index (χ4v) is 4.92. The van der Waals surface area contributed by atoms with Crippen molar-refractivity contribution >= 4 is 39.1 Å². The van der Waals surface area contributed by atoms with E-state index in [4.69, 9.17) is 0 Å². The number of nitrogens with one attached hydrogen (secondary N) is 1. The topological polar surface area (TPSA) is 98.5 Å². The van der Waals surface area contributed by atoms with Gasteiger partial charge in [0.2, 0.25) is 5.95 Å². The molecule has 4 aromatic heterocycles. The van der Waals surface area contributed by atoms with Crippen LogP contribution in [-0.2, 0) is 6.54 Å². The minimum Gasteiger partial charge on any atom is -0.293 e. The van der Waals surface area contributed by atoms with Gasteiger partial charge >= 0.3 is 0 Å². The fraction of sp³-hybridized carbons (Fsp3) is 0.278. The van der Waals surface area contributed by atoms with E-state index in [9.17, 15) is 9.59 Å². The van der Waals surface area contributed by atoms with E-state index in [0.29, 0.717) is 33.4 Å². The summed E-state index contributed by atoms with van der Waals surface area (Å²) in [5.74, 6) is 0.750. The summed E-state index contributed by atoms with van der Waals surface area (Å²) in [4.78, 5) is 34.2. The molecule has 0 unspecified atom stereocenters. The SMILES string of the molecule is CCn1c(SCC(=O)c2cc(C)n(-c3ncn[nH]3)c2C)nc2ccsc2c1=O. The van der Waals surface area contributed by atoms with Crippen molar-refractivity contribution in [3.63, 3.8) is 0 Å². The lowest BCUT2D eigenvalue weighted by Crippen LogP contribution is -2.22. The molecule has 0 aliphatic heterocycles. The van der Waals surface area contributed by atoms with E-state index in [1.165, 1.54) is 29.4 Å². The summed E-state index contributed by atoms with van der Waals surface area (Å²) in [7, 11) is 0. The molecule has 0 aliphatic rings. The fourth-order valence-electron chi connectivity index (χ4n) is 3.20. The molecule has 28 heavy (non-hydrogen) atoms. The molecule has 0 aliphatic carbocycles. The Morgan fingerprint density at radius 3 is 2.89 bits per heavy atom. The minimum absolute atomic E-state index is 0.0221. The second-order valence-corrected chi connectivity index (χ2v) is 8.08. The first-order chi connectivity index (χ1) is 13.5. The zero-order chi connectivity index (χ0) is 19.8. The van der Waals surface area contributed by atoms with Crippen LogP contribution < -0.4 is 5.56 Å². The summed E-state index contributed by atoms with van der Waals surface area (Å²) in [6, 6.07) is 3.68. The van der Waals surface area contributed by atoms with Crippen molar-refractivity contribution < 1.29 is 4.79 Å². The van der Waals surface area contributed by atoms with Crippen LogP contribution >= 0.6 is 23.1 Å². The van der Waals surface area contributed by atoms with Crippen molar-refractivity contribution in [1.29, 1.82) is 0 Å². The Bertz CT molecular complexity index is 1220. The van der Waals surface area contributed by atoms with E-state index in [0.717, 1.165) is 11.4 Å². The van der Waals surface area contributed by atoms with Gasteiger partial charge in [0.1, 0.15) is 11.0 Å². The zero-order valence-electron chi connectivity index (χ0n) is 15.6. The van der Waals surface area contributed by atoms with Gasteiger partial charge in [-0.25, -0.2) is 10.1 Å². The molecule has 0 aromatic carbocycles. The highest BCUT2D eigenvalue weighted by Crippen LogP contribution is 2.24. The predicted octanol–water partition coefficient (Wildman–Crippen LogP) is 2.98. The maximum Gasteiger partial charge on any atom is 0.272 e. The summed E-state index contributed by atoms with van der Waals surface area (Å²) in [5.41, 5.74) is 2.95. The number of Topliss-reactive ketones (excluding diaryl/α,β-unsaturated/α-hetero) is 1. The van der Waals surface area contributed by atoms with Gasteiger partial charge in [-0.05, 0) is 38.3 Å². The number of nitrogens with zero attached hydrogens (tertiary/aromatic N) is 5. The number of hydrogen-bond acceptors (Lipinski definition) is 7. The predicted molar refractivity (Wildman–Crippen MR) is 110 cm³/mol. The summed E-state index contributed by atoms with van der Waals surface area (Å²) >= 11 is 2.68. The molecule has 4 aromatic rings. The maximum atomic E-state index is 12.9. The molecule has 0 saturated heterocycles. The highest BCUT2D eigenvalue weighted by molar-refractivity contribution is 7.99. The van der Waals surface area contributed by atoms with Crippen LogP contribution in [0.4, 0.5) is 0 Å². The van der Waals surface area contributed by atoms with Crippen LogP contribution in [0.2, 0.25) is 0 Å². The molecule has 0 atom stereocenters. The Labute approximate surface area is 168 Å². The second kappa shape index (κ2) is 7.36. The molecule has 0 amide bonds. The van der Waals surface area contributed by atoms with E-state index in [1.807, 2.05) is 42.9 Å². The summed E-state index contributed by atoms with van der Waals surface area (Å²) in [6.07, 6.45) is 1.43. The van der Waals surface area contributed by atoms with Crippen LogP contribution in [0.15, 0.2) is 33.8 Å². The van der Waals surface area contributed by atoms with Crippen molar-refractivity contribution in [3.05, 3.63) is 51.1 Å². The number of aromatic nitrogens is 6. The van der Waals surface area contributed by atoms with Gasteiger partial charge in [-0.1, -0.05) is 11.8 Å². The van der Waals surface area contributed by atoms with Crippen LogP contribution in [0, 0.1) is 13.8 Å². The molecule has 4 heterocycles. The largest absolute Gasteiger partial charge is 0.293 e. The Morgan fingerprint density at radius 2 is 2.18 bits per heavy atom. The van der Waals surface area contributed by atoms with Gasteiger partial charge in [-0.3, -0.25) is 18.7 Å². The van der Waals surface area contributed by atoms with E-state index in [-0.39, 0.29) is 17.1 Å². The molecule has 0 bridgehead atoms. The Balaban J connectivity index is 1.62. The second-order valence-electron chi connectivity index (χ2n) is 6.22. The lowest BCUT2D eigenvalue weighted by atomic mass is 10.2. The normalized spacial score (nSPS) is 11.4. The monoisotopic (exact) mass is 414 g/mol. The van der Waals surface area contributed by atoms with E-state index in [1.54, 1.807) is 4.57 Å². The molecule has 0 spiro atoms. The first kappa shape index (κ1) is 18.6. The van der Waals surface area contributed by atoms with Crippen LogP contribution in [0.3, 0.4) is 0 Å². The number of thiophene rings is 1. The van der Waals surface area contributed by atoms with Crippen LogP contribution in [-0.4, -0.2) is 40.8 Å². The average Bonchev–Trinajstić information content (AvgIpc) is 3.40. The van der Waals surface area contributed by atoms with Gasteiger partial charge in [0.15, 0.2) is 10.9 Å². The number of H-pyrrole nitrogens is 1. The van der Waals surface area contributed by atoms with Gasteiger partial charge in [-0.2, -0.15) is 10.1 Å². The molecule has 8 nitrogen and oxygen atoms in total. The van der Waals surface area contributed by atoms with Crippen molar-refractivity contribution in [2.45, 2.75) is 32.5 Å². The van der Waals surface area contributed by atoms with E-state index >= 15 is 0 Å². The lowest BCUT2D eigenvalue weighted by Gasteiger charge is -2.09. The number of aromatic amines is 1. The number of rotatable bonds is 6. The highest BCUT2D eigenvalue weighted by atomic mass is 32.2. The third-order valence-electron chi connectivity index (χ3n) is 4.53. The molecular formula is C18H18N6O2S2. The number of ketones is 1. The molecule has 144 valence electrons. The molecular weight excluding hydrogens is 396 g/mol. The molecule has 10 heteroatoms. The molecule has 0 saturated carbocycles. The number of thioether (sulfide) groups is 1. The van der Waals surface area contributed by atoms with Crippen molar-refractivity contribution in [2.75, 3.05) is 5.75 Å². The van der Waals surface area contributed by atoms with Gasteiger partial charge < -0.3 is 0 Å². The Morgan fingerprint density at radius 1 is 1.36 bits per heavy atom. The summed E-state index contributed by atoms with van der Waals surface area (Å²) in [5, 5.41) is 9.12. The zero-order valence-corrected chi connectivity index (χ0v) is 17.2. The molecule has 0 radical (unpaired) electrons. The third kappa shape index (κ3) is 3.08. The first-order valence-electron chi connectivity index (χ1n) is 8.70. The molecule has 0 fully saturated rings. The standard InChI is InChI=1S/C18H18N6O2S2/c1-4-23-16(26)15-13(5-6-27-15)21-18(23)28-8-14(25)12-7-10(2)24(11(12)3)17-19-9-20-22-17/h5-7,9H,4,8H2,1-3H3,(H,19,20,22). The number of hydrogen-bond donors (Lipinski definition) is 1. The number of fused-ring (bicyclic) bond motifs is 1. The number of aryl methyl sites for hydroxylation is 1. The maximum absolute atomic E-state index is 12.9. The van der Waals surface area contributed by atoms with Gasteiger partial charge in [-0.15, -0.1) is 11.3 Å². The number of carbonyl (C=O) groups excluding carboxylic acids is 1. The van der Waals surface area contributed by atoms with E-state index < -0.39 is 0 Å². The Kier molecular flexibility index (Phi) is 4.90. The van der Waals surface area contributed by atoms with Crippen molar-refractivity contribution in [3.8, 4) is 5.95 Å². The minimum atomic E-state index is -0.0547. The van der Waals surface area contributed by atoms with E-state index in [2.05, 4.69) is 20.2 Å². The highest BCUT2D eigenvalue weighted by Gasteiger charge is 2.19. The van der Waals surface area contributed by atoms with Gasteiger partial charge in [0.25, 0.3) is 5.56 Å². The van der Waals surface area contributed by atoms with Crippen LogP contribution in [0.5, 0.6) is 0 Å². The smallest absolute Gasteiger partial charge is 0.272 e. The molecule has 4 rings (SSSR count). The molecule has 1 N–H and O–H groups in total.